The van der Waals surface area contributed by atoms with Gasteiger partial charge in [-0.3, -0.25) is 0 Å². The monoisotopic (exact) mass is 199 g/mol. The van der Waals surface area contributed by atoms with Crippen molar-refractivity contribution in [2.24, 2.45) is 0 Å². The molecule has 2 nitrogen and oxygen atoms in total. The van der Waals surface area contributed by atoms with Crippen molar-refractivity contribution >= 4 is 23.5 Å². The summed E-state index contributed by atoms with van der Waals surface area (Å²) in [5.74, 6) is 0.617. The molecule has 0 saturated carbocycles. The Morgan fingerprint density at radius 3 is 2.64 bits per heavy atom. The van der Waals surface area contributed by atoms with Gasteiger partial charge in [0.25, 0.3) is 0 Å². The standard InChI is InChI=1S/C8H7BF3N2/c1-5-13-7-3-2-6(9(10,11)12)4-8(7)14-5/h2-4H,1H3,(H,13,14)/q-1. The third kappa shape index (κ3) is 1.47. The fraction of sp³-hybridized carbons (Fsp3) is 0.125. The van der Waals surface area contributed by atoms with E-state index in [2.05, 4.69) is 9.97 Å². The molecule has 0 aliphatic rings. The molecular formula is C8H7BF3N2-. The first-order chi connectivity index (χ1) is 6.47. The number of aromatic amines is 1. The molecule has 2 aromatic rings. The highest BCUT2D eigenvalue weighted by molar-refractivity contribution is 6.73. The van der Waals surface area contributed by atoms with Gasteiger partial charge in [0.05, 0.1) is 11.0 Å². The summed E-state index contributed by atoms with van der Waals surface area (Å²) in [6, 6.07) is 3.53. The molecule has 74 valence electrons. The maximum atomic E-state index is 12.4. The Labute approximate surface area is 78.2 Å². The zero-order chi connectivity index (χ0) is 10.3. The molecule has 1 N–H and O–H groups in total. The lowest BCUT2D eigenvalue weighted by atomic mass is 9.80. The molecule has 14 heavy (non-hydrogen) atoms. The predicted molar refractivity (Wildman–Crippen MR) is 49.5 cm³/mol. The molecule has 0 saturated heterocycles. The molecule has 0 aliphatic heterocycles. The van der Waals surface area contributed by atoms with Crippen LogP contribution in [0.1, 0.15) is 5.82 Å². The minimum atomic E-state index is -4.92. The average Bonchev–Trinajstić information content (AvgIpc) is 2.41. The van der Waals surface area contributed by atoms with Gasteiger partial charge in [-0.25, -0.2) is 4.98 Å². The van der Waals surface area contributed by atoms with E-state index in [1.807, 2.05) is 0 Å². The van der Waals surface area contributed by atoms with E-state index >= 15 is 0 Å². The summed E-state index contributed by atoms with van der Waals surface area (Å²) in [6.45, 7) is -3.22. The fourth-order valence-electron chi connectivity index (χ4n) is 1.36. The number of hydrogen-bond donors (Lipinski definition) is 1. The number of nitrogens with one attached hydrogen (secondary N) is 1. The summed E-state index contributed by atoms with van der Waals surface area (Å²) < 4.78 is 37.1. The molecule has 1 aromatic heterocycles. The Morgan fingerprint density at radius 1 is 1.29 bits per heavy atom. The summed E-state index contributed by atoms with van der Waals surface area (Å²) in [4.78, 5) is 6.79. The topological polar surface area (TPSA) is 28.7 Å². The minimum Gasteiger partial charge on any atom is -0.445 e. The molecule has 0 unspecified atom stereocenters. The Morgan fingerprint density at radius 2 is 2.00 bits per heavy atom. The molecule has 0 radical (unpaired) electrons. The molecule has 1 heterocycles. The highest BCUT2D eigenvalue weighted by Crippen LogP contribution is 2.14. The molecule has 0 fully saturated rings. The first-order valence-corrected chi connectivity index (χ1v) is 4.13. The number of hydrogen-bond acceptors (Lipinski definition) is 1. The lowest BCUT2D eigenvalue weighted by Crippen LogP contribution is -2.33. The first kappa shape index (κ1) is 9.11. The van der Waals surface area contributed by atoms with Crippen LogP contribution in [0.25, 0.3) is 11.0 Å². The van der Waals surface area contributed by atoms with Crippen molar-refractivity contribution in [3.05, 3.63) is 24.0 Å². The van der Waals surface area contributed by atoms with Gasteiger partial charge >= 0.3 is 6.98 Å². The Hall–Kier alpha value is -1.46. The van der Waals surface area contributed by atoms with Gasteiger partial charge in [0.1, 0.15) is 5.82 Å². The molecule has 0 atom stereocenters. The van der Waals surface area contributed by atoms with Gasteiger partial charge in [0.15, 0.2) is 0 Å². The average molecular weight is 199 g/mol. The van der Waals surface area contributed by atoms with Gasteiger partial charge < -0.3 is 17.9 Å². The minimum absolute atomic E-state index is 0.430. The third-order valence-corrected chi connectivity index (χ3v) is 2.00. The number of aromatic nitrogens is 2. The van der Waals surface area contributed by atoms with Crippen LogP contribution in [-0.2, 0) is 0 Å². The van der Waals surface area contributed by atoms with Gasteiger partial charge in [-0.15, -0.1) is 5.46 Å². The number of aryl methyl sites for hydroxylation is 1. The maximum absolute atomic E-state index is 12.4. The van der Waals surface area contributed by atoms with Crippen LogP contribution in [-0.4, -0.2) is 16.9 Å². The molecule has 6 heteroatoms. The summed E-state index contributed by atoms with van der Waals surface area (Å²) in [6.07, 6.45) is 0. The second kappa shape index (κ2) is 2.77. The van der Waals surface area contributed by atoms with Crippen molar-refractivity contribution < 1.29 is 12.9 Å². The second-order valence-electron chi connectivity index (χ2n) is 3.17. The zero-order valence-corrected chi connectivity index (χ0v) is 7.39. The Bertz CT molecular complexity index is 475. The van der Waals surface area contributed by atoms with Gasteiger partial charge in [0.2, 0.25) is 0 Å². The van der Waals surface area contributed by atoms with Crippen LogP contribution in [0.4, 0.5) is 12.9 Å². The van der Waals surface area contributed by atoms with E-state index in [0.717, 1.165) is 12.1 Å². The molecule has 0 bridgehead atoms. The van der Waals surface area contributed by atoms with Crippen LogP contribution < -0.4 is 5.46 Å². The largest absolute Gasteiger partial charge is 0.509 e. The van der Waals surface area contributed by atoms with Gasteiger partial charge in [-0.1, -0.05) is 12.1 Å². The lowest BCUT2D eigenvalue weighted by Gasteiger charge is -2.13. The zero-order valence-electron chi connectivity index (χ0n) is 7.39. The quantitative estimate of drug-likeness (QED) is 0.698. The number of fused-ring (bicyclic) bond motifs is 1. The Kier molecular flexibility index (Phi) is 1.80. The molecule has 2 rings (SSSR count). The summed E-state index contributed by atoms with van der Waals surface area (Å²) in [7, 11) is 0. The number of halogens is 3. The number of benzene rings is 1. The van der Waals surface area contributed by atoms with Gasteiger partial charge in [0, 0.05) is 0 Å². The van der Waals surface area contributed by atoms with E-state index in [1.54, 1.807) is 6.92 Å². The number of H-pyrrole nitrogens is 1. The highest BCUT2D eigenvalue weighted by Gasteiger charge is 2.25. The second-order valence-corrected chi connectivity index (χ2v) is 3.17. The molecule has 0 spiro atoms. The number of rotatable bonds is 1. The van der Waals surface area contributed by atoms with Gasteiger partial charge in [-0.2, -0.15) is 0 Å². The predicted octanol–water partition coefficient (Wildman–Crippen LogP) is 1.93. The van der Waals surface area contributed by atoms with E-state index in [9.17, 15) is 12.9 Å². The van der Waals surface area contributed by atoms with E-state index < -0.39 is 12.4 Å². The van der Waals surface area contributed by atoms with Crippen molar-refractivity contribution in [2.75, 3.05) is 0 Å². The normalized spacial score (nSPS) is 12.3. The highest BCUT2D eigenvalue weighted by atomic mass is 19.4. The smallest absolute Gasteiger partial charge is 0.445 e. The van der Waals surface area contributed by atoms with Crippen LogP contribution >= 0.6 is 0 Å². The summed E-state index contributed by atoms with van der Waals surface area (Å²) in [5, 5.41) is 0. The SMILES string of the molecule is Cc1nc2ccc([B-](F)(F)F)cc2[nH]1. The number of imidazole rings is 1. The van der Waals surface area contributed by atoms with Crippen molar-refractivity contribution in [2.45, 2.75) is 6.92 Å². The van der Waals surface area contributed by atoms with Crippen molar-refractivity contribution in [1.82, 2.24) is 9.97 Å². The van der Waals surface area contributed by atoms with E-state index in [-0.39, 0.29) is 0 Å². The molecule has 0 aliphatic carbocycles. The lowest BCUT2D eigenvalue weighted by molar-refractivity contribution is 0.501. The van der Waals surface area contributed by atoms with Gasteiger partial charge in [-0.05, 0) is 13.0 Å². The summed E-state index contributed by atoms with van der Waals surface area (Å²) in [5.41, 5.74) is 0.395. The van der Waals surface area contributed by atoms with Crippen molar-refractivity contribution in [3.8, 4) is 0 Å². The fourth-order valence-corrected chi connectivity index (χ4v) is 1.36. The molecule has 0 amide bonds. The molecule has 1 aromatic carbocycles. The van der Waals surface area contributed by atoms with Crippen molar-refractivity contribution in [1.29, 1.82) is 0 Å². The first-order valence-electron chi connectivity index (χ1n) is 4.13. The van der Waals surface area contributed by atoms with Crippen molar-refractivity contribution in [3.63, 3.8) is 0 Å². The summed E-state index contributed by atoms with van der Waals surface area (Å²) >= 11 is 0. The van der Waals surface area contributed by atoms with E-state index in [1.165, 1.54) is 6.07 Å². The number of nitrogens with zero attached hydrogens (tertiary/aromatic N) is 1. The van der Waals surface area contributed by atoms with E-state index in [0.29, 0.717) is 16.9 Å². The van der Waals surface area contributed by atoms with Crippen LogP contribution in [0.2, 0.25) is 0 Å². The van der Waals surface area contributed by atoms with E-state index in [4.69, 9.17) is 0 Å². The maximum Gasteiger partial charge on any atom is 0.509 e. The Balaban J connectivity index is 2.62. The van der Waals surface area contributed by atoms with Crippen LogP contribution in [0.15, 0.2) is 18.2 Å². The van der Waals surface area contributed by atoms with Crippen LogP contribution in [0, 0.1) is 6.92 Å². The van der Waals surface area contributed by atoms with Crippen LogP contribution in [0.5, 0.6) is 0 Å². The molecular weight excluding hydrogens is 192 g/mol. The third-order valence-electron chi connectivity index (χ3n) is 2.00. The van der Waals surface area contributed by atoms with Crippen LogP contribution in [0.3, 0.4) is 0 Å².